The van der Waals surface area contributed by atoms with Crippen molar-refractivity contribution in [2.45, 2.75) is 26.3 Å². The van der Waals surface area contributed by atoms with Gasteiger partial charge in [-0.2, -0.15) is 22.0 Å². The van der Waals surface area contributed by atoms with Gasteiger partial charge in [0.2, 0.25) is 0 Å². The highest BCUT2D eigenvalue weighted by atomic mass is 127. The maximum atomic E-state index is 12.6. The van der Waals surface area contributed by atoms with Crippen LogP contribution in [0, 0.1) is 0 Å². The molecule has 6 nitrogen and oxygen atoms in total. The lowest BCUT2D eigenvalue weighted by Crippen LogP contribution is -2.42. The molecule has 0 aromatic heterocycles. The molecule has 0 atom stereocenters. The molecule has 0 radical (unpaired) electrons. The summed E-state index contributed by atoms with van der Waals surface area (Å²) in [5.74, 6) is 0.771. The lowest BCUT2D eigenvalue weighted by molar-refractivity contribution is -0.142. The highest BCUT2D eigenvalue weighted by molar-refractivity contribution is 14.0. The van der Waals surface area contributed by atoms with Gasteiger partial charge in [-0.1, -0.05) is 0 Å². The van der Waals surface area contributed by atoms with Crippen LogP contribution in [0.15, 0.2) is 23.2 Å². The molecular formula is C17H26F5IN4O2. The molecule has 1 aromatic carbocycles. The minimum absolute atomic E-state index is 0. The number of methoxy groups -OCH3 is 1. The first kappa shape index (κ1) is 27.4. The number of halogens is 6. The van der Waals surface area contributed by atoms with E-state index in [0.717, 1.165) is 4.90 Å². The number of aliphatic imine (C=N–C) groups is 1. The van der Waals surface area contributed by atoms with Crippen molar-refractivity contribution in [3.8, 4) is 11.5 Å². The molecule has 168 valence electrons. The number of nitrogens with zero attached hydrogens (tertiary/aromatic N) is 2. The van der Waals surface area contributed by atoms with Crippen molar-refractivity contribution in [1.82, 2.24) is 15.5 Å². The van der Waals surface area contributed by atoms with Crippen LogP contribution in [0.1, 0.15) is 12.5 Å². The Kier molecular flexibility index (Phi) is 12.9. The normalized spacial score (nSPS) is 12.0. The van der Waals surface area contributed by atoms with E-state index in [2.05, 4.69) is 20.4 Å². The third-order valence-corrected chi connectivity index (χ3v) is 3.47. The van der Waals surface area contributed by atoms with E-state index in [-0.39, 0.29) is 49.4 Å². The average molecular weight is 540 g/mol. The maximum Gasteiger partial charge on any atom is 0.401 e. The van der Waals surface area contributed by atoms with Crippen LogP contribution in [-0.2, 0) is 6.54 Å². The molecule has 1 aromatic rings. The fraction of sp³-hybridized carbons (Fsp3) is 0.588. The van der Waals surface area contributed by atoms with Crippen LogP contribution >= 0.6 is 24.0 Å². The summed E-state index contributed by atoms with van der Waals surface area (Å²) in [5.41, 5.74) is 0.381. The van der Waals surface area contributed by atoms with Gasteiger partial charge in [0.15, 0.2) is 5.96 Å². The Bertz CT molecular complexity index is 632. The topological polar surface area (TPSA) is 58.1 Å². The van der Waals surface area contributed by atoms with Crippen LogP contribution in [0.5, 0.6) is 11.5 Å². The zero-order valence-corrected chi connectivity index (χ0v) is 18.7. The molecule has 0 bridgehead atoms. The molecule has 0 spiro atoms. The van der Waals surface area contributed by atoms with Gasteiger partial charge >= 0.3 is 12.8 Å². The van der Waals surface area contributed by atoms with E-state index in [4.69, 9.17) is 4.74 Å². The number of alkyl halides is 5. The number of rotatable bonds is 10. The first-order chi connectivity index (χ1) is 13.1. The van der Waals surface area contributed by atoms with Gasteiger partial charge in [-0.25, -0.2) is 4.99 Å². The Balaban J connectivity index is 0.00000784. The summed E-state index contributed by atoms with van der Waals surface area (Å²) < 4.78 is 71.7. The zero-order chi connectivity index (χ0) is 21.2. The van der Waals surface area contributed by atoms with E-state index in [1.165, 1.54) is 32.4 Å². The van der Waals surface area contributed by atoms with E-state index >= 15 is 0 Å². The SMILES string of the molecule is CCNC(=NCc1cc(OC)ccc1OC(F)F)NCCN(C)CC(F)(F)F.I. The maximum absolute atomic E-state index is 12.6. The van der Waals surface area contributed by atoms with Gasteiger partial charge in [0, 0.05) is 25.2 Å². The largest absolute Gasteiger partial charge is 0.497 e. The van der Waals surface area contributed by atoms with Crippen LogP contribution in [0.2, 0.25) is 0 Å². The van der Waals surface area contributed by atoms with Crippen LogP contribution in [0.25, 0.3) is 0 Å². The Morgan fingerprint density at radius 2 is 1.93 bits per heavy atom. The number of nitrogens with one attached hydrogen (secondary N) is 2. The zero-order valence-electron chi connectivity index (χ0n) is 16.4. The van der Waals surface area contributed by atoms with E-state index < -0.39 is 19.3 Å². The number of ether oxygens (including phenoxy) is 2. The van der Waals surface area contributed by atoms with Gasteiger partial charge in [0.1, 0.15) is 11.5 Å². The first-order valence-electron chi connectivity index (χ1n) is 8.53. The van der Waals surface area contributed by atoms with E-state index in [9.17, 15) is 22.0 Å². The summed E-state index contributed by atoms with van der Waals surface area (Å²) in [6, 6.07) is 4.38. The van der Waals surface area contributed by atoms with Crippen molar-refractivity contribution in [1.29, 1.82) is 0 Å². The van der Waals surface area contributed by atoms with Gasteiger partial charge in [-0.05, 0) is 32.2 Å². The molecule has 0 saturated carbocycles. The molecule has 0 aliphatic carbocycles. The van der Waals surface area contributed by atoms with E-state index in [1.807, 2.05) is 6.92 Å². The van der Waals surface area contributed by atoms with Crippen molar-refractivity contribution in [3.63, 3.8) is 0 Å². The lowest BCUT2D eigenvalue weighted by Gasteiger charge is -2.19. The number of hydrogen-bond donors (Lipinski definition) is 2. The summed E-state index contributed by atoms with van der Waals surface area (Å²) in [6.07, 6.45) is -4.26. The van der Waals surface area contributed by atoms with Gasteiger partial charge < -0.3 is 20.1 Å². The highest BCUT2D eigenvalue weighted by Gasteiger charge is 2.28. The summed E-state index contributed by atoms with van der Waals surface area (Å²) in [7, 11) is 2.81. The van der Waals surface area contributed by atoms with Crippen molar-refractivity contribution in [2.24, 2.45) is 4.99 Å². The predicted molar refractivity (Wildman–Crippen MR) is 111 cm³/mol. The van der Waals surface area contributed by atoms with Crippen LogP contribution in [-0.4, -0.2) is 64.0 Å². The van der Waals surface area contributed by atoms with Gasteiger partial charge in [-0.3, -0.25) is 4.90 Å². The smallest absolute Gasteiger partial charge is 0.401 e. The Morgan fingerprint density at radius 3 is 2.48 bits per heavy atom. The van der Waals surface area contributed by atoms with Crippen LogP contribution in [0.3, 0.4) is 0 Å². The molecule has 0 unspecified atom stereocenters. The van der Waals surface area contributed by atoms with E-state index in [1.54, 1.807) is 0 Å². The molecule has 1 rings (SSSR count). The monoisotopic (exact) mass is 540 g/mol. The summed E-state index contributed by atoms with van der Waals surface area (Å²) in [6.45, 7) is -1.29. The molecule has 0 saturated heterocycles. The summed E-state index contributed by atoms with van der Waals surface area (Å²) >= 11 is 0. The standard InChI is InChI=1S/C17H25F5N4O2.HI/c1-4-23-16(24-7-8-26(2)11-17(20,21)22)25-10-12-9-13(27-3)5-6-14(12)28-15(18)19;/h5-6,9,15H,4,7-8,10-11H2,1-3H3,(H2,23,24,25);1H. The molecule has 2 N–H and O–H groups in total. The predicted octanol–water partition coefficient (Wildman–Crippen LogP) is 3.46. The number of likely N-dealkylation sites (N-methyl/N-ethyl adjacent to an activating group) is 1. The van der Waals surface area contributed by atoms with Gasteiger partial charge in [0.05, 0.1) is 20.2 Å². The van der Waals surface area contributed by atoms with Gasteiger partial charge in [-0.15, -0.1) is 24.0 Å². The first-order valence-corrected chi connectivity index (χ1v) is 8.53. The molecule has 29 heavy (non-hydrogen) atoms. The van der Waals surface area contributed by atoms with Gasteiger partial charge in [0.25, 0.3) is 0 Å². The Hall–Kier alpha value is -1.57. The molecule has 0 heterocycles. The molecule has 0 amide bonds. The number of benzene rings is 1. The molecule has 0 aliphatic heterocycles. The second kappa shape index (κ2) is 13.6. The third-order valence-electron chi connectivity index (χ3n) is 3.47. The molecule has 12 heteroatoms. The average Bonchev–Trinajstić information content (AvgIpc) is 2.58. The summed E-state index contributed by atoms with van der Waals surface area (Å²) in [5, 5.41) is 5.85. The Morgan fingerprint density at radius 1 is 1.24 bits per heavy atom. The minimum atomic E-state index is -4.26. The quantitative estimate of drug-likeness (QED) is 0.206. The van der Waals surface area contributed by atoms with Crippen molar-refractivity contribution in [3.05, 3.63) is 23.8 Å². The second-order valence-corrected chi connectivity index (χ2v) is 5.83. The van der Waals surface area contributed by atoms with E-state index in [0.29, 0.717) is 23.8 Å². The fourth-order valence-electron chi connectivity index (χ4n) is 2.27. The lowest BCUT2D eigenvalue weighted by atomic mass is 10.2. The van der Waals surface area contributed by atoms with Crippen molar-refractivity contribution in [2.75, 3.05) is 40.3 Å². The molecule has 0 fully saturated rings. The second-order valence-electron chi connectivity index (χ2n) is 5.83. The minimum Gasteiger partial charge on any atom is -0.497 e. The Labute approximate surface area is 183 Å². The molecule has 0 aliphatic rings. The summed E-state index contributed by atoms with van der Waals surface area (Å²) in [4.78, 5) is 5.40. The van der Waals surface area contributed by atoms with Crippen LogP contribution < -0.4 is 20.1 Å². The third kappa shape index (κ3) is 11.9. The van der Waals surface area contributed by atoms with Crippen molar-refractivity contribution >= 4 is 29.9 Å². The number of guanidine groups is 1. The fourth-order valence-corrected chi connectivity index (χ4v) is 2.27. The number of hydrogen-bond acceptors (Lipinski definition) is 4. The van der Waals surface area contributed by atoms with Crippen molar-refractivity contribution < 1.29 is 31.4 Å². The highest BCUT2D eigenvalue weighted by Crippen LogP contribution is 2.26. The molecular weight excluding hydrogens is 514 g/mol. The van der Waals surface area contributed by atoms with Crippen LogP contribution in [0.4, 0.5) is 22.0 Å².